The molecule has 1 amide bonds. The molecule has 0 bridgehead atoms. The smallest absolute Gasteiger partial charge is 0.244 e. The van der Waals surface area contributed by atoms with E-state index in [1.807, 2.05) is 19.1 Å². The maximum Gasteiger partial charge on any atom is 0.244 e. The summed E-state index contributed by atoms with van der Waals surface area (Å²) in [5, 5.41) is 2.72. The topological polar surface area (TPSA) is 42.0 Å². The molecule has 0 aliphatic rings. The molecule has 0 aliphatic carbocycles. The Kier molecular flexibility index (Phi) is 5.22. The van der Waals surface area contributed by atoms with Crippen LogP contribution in [-0.4, -0.2) is 10.9 Å². The third-order valence-electron chi connectivity index (χ3n) is 2.92. The summed E-state index contributed by atoms with van der Waals surface area (Å²) in [6.07, 6.45) is 4.44. The van der Waals surface area contributed by atoms with Crippen molar-refractivity contribution in [3.8, 4) is 0 Å². The number of rotatable bonds is 4. The van der Waals surface area contributed by atoms with Crippen LogP contribution in [-0.2, 0) is 11.3 Å². The van der Waals surface area contributed by atoms with Gasteiger partial charge < -0.3 is 5.32 Å². The van der Waals surface area contributed by atoms with Gasteiger partial charge in [-0.25, -0.2) is 4.39 Å². The first-order valence-corrected chi connectivity index (χ1v) is 7.17. The Hall–Kier alpha value is -2.01. The SMILES string of the molecule is Cc1cccnc1CNC(=O)/C=C/c1cc(Br)ccc1F. The van der Waals surface area contributed by atoms with E-state index in [1.165, 1.54) is 18.2 Å². The van der Waals surface area contributed by atoms with E-state index < -0.39 is 0 Å². The summed E-state index contributed by atoms with van der Waals surface area (Å²) >= 11 is 3.26. The molecular weight excluding hydrogens is 335 g/mol. The number of aryl methyl sites for hydroxylation is 1. The number of hydrogen-bond acceptors (Lipinski definition) is 2. The average Bonchev–Trinajstić information content (AvgIpc) is 2.47. The highest BCUT2D eigenvalue weighted by atomic mass is 79.9. The molecule has 5 heteroatoms. The van der Waals surface area contributed by atoms with Gasteiger partial charge in [0.1, 0.15) is 5.82 Å². The zero-order valence-corrected chi connectivity index (χ0v) is 13.0. The summed E-state index contributed by atoms with van der Waals surface area (Å²) in [5.41, 5.74) is 2.18. The lowest BCUT2D eigenvalue weighted by molar-refractivity contribution is -0.116. The lowest BCUT2D eigenvalue weighted by Crippen LogP contribution is -2.21. The molecule has 0 fully saturated rings. The number of nitrogens with zero attached hydrogens (tertiary/aromatic N) is 1. The Balaban J connectivity index is 1.97. The molecule has 2 aromatic rings. The number of carbonyl (C=O) groups excluding carboxylic acids is 1. The maximum absolute atomic E-state index is 13.5. The first-order valence-electron chi connectivity index (χ1n) is 6.38. The predicted octanol–water partition coefficient (Wildman–Crippen LogP) is 3.62. The number of aromatic nitrogens is 1. The third-order valence-corrected chi connectivity index (χ3v) is 3.41. The Labute approximate surface area is 131 Å². The largest absolute Gasteiger partial charge is 0.347 e. The van der Waals surface area contributed by atoms with Gasteiger partial charge in [0.2, 0.25) is 5.91 Å². The van der Waals surface area contributed by atoms with Crippen molar-refractivity contribution >= 4 is 27.9 Å². The summed E-state index contributed by atoms with van der Waals surface area (Å²) in [7, 11) is 0. The molecule has 1 N–H and O–H groups in total. The Morgan fingerprint density at radius 2 is 2.24 bits per heavy atom. The first kappa shape index (κ1) is 15.4. The van der Waals surface area contributed by atoms with Gasteiger partial charge >= 0.3 is 0 Å². The van der Waals surface area contributed by atoms with Crippen LogP contribution >= 0.6 is 15.9 Å². The van der Waals surface area contributed by atoms with Gasteiger partial charge in [0.25, 0.3) is 0 Å². The van der Waals surface area contributed by atoms with Gasteiger partial charge in [-0.15, -0.1) is 0 Å². The van der Waals surface area contributed by atoms with Gasteiger partial charge in [0.15, 0.2) is 0 Å². The maximum atomic E-state index is 13.5. The molecular formula is C16H14BrFN2O. The highest BCUT2D eigenvalue weighted by Crippen LogP contribution is 2.16. The van der Waals surface area contributed by atoms with Crippen LogP contribution in [0.2, 0.25) is 0 Å². The monoisotopic (exact) mass is 348 g/mol. The van der Waals surface area contributed by atoms with Gasteiger partial charge in [-0.2, -0.15) is 0 Å². The van der Waals surface area contributed by atoms with Gasteiger partial charge in [-0.1, -0.05) is 22.0 Å². The molecule has 1 heterocycles. The molecule has 0 spiro atoms. The van der Waals surface area contributed by atoms with E-state index in [2.05, 4.69) is 26.2 Å². The Morgan fingerprint density at radius 1 is 1.43 bits per heavy atom. The standard InChI is InChI=1S/C16H14BrFN2O/c1-11-3-2-8-19-15(11)10-20-16(21)7-4-12-9-13(17)5-6-14(12)18/h2-9H,10H2,1H3,(H,20,21)/b7-4+. The van der Waals surface area contributed by atoms with Gasteiger partial charge in [-0.05, 0) is 42.8 Å². The number of halogens is 2. The van der Waals surface area contributed by atoms with E-state index >= 15 is 0 Å². The number of benzene rings is 1. The summed E-state index contributed by atoms with van der Waals surface area (Å²) < 4.78 is 14.3. The van der Waals surface area contributed by atoms with Gasteiger partial charge in [0, 0.05) is 22.3 Å². The lowest BCUT2D eigenvalue weighted by Gasteiger charge is -2.04. The minimum absolute atomic E-state index is 0.292. The number of hydrogen-bond donors (Lipinski definition) is 1. The fraction of sp³-hybridized carbons (Fsp3) is 0.125. The number of amides is 1. The second kappa shape index (κ2) is 7.13. The van der Waals surface area contributed by atoms with Crippen molar-refractivity contribution in [2.24, 2.45) is 0 Å². The van der Waals surface area contributed by atoms with Crippen molar-refractivity contribution in [2.45, 2.75) is 13.5 Å². The van der Waals surface area contributed by atoms with E-state index in [1.54, 1.807) is 18.3 Å². The van der Waals surface area contributed by atoms with Crippen LogP contribution in [0.3, 0.4) is 0 Å². The number of carbonyl (C=O) groups is 1. The summed E-state index contributed by atoms with van der Waals surface area (Å²) in [6, 6.07) is 8.34. The van der Waals surface area contributed by atoms with Crippen LogP contribution in [0.1, 0.15) is 16.8 Å². The summed E-state index contributed by atoms with van der Waals surface area (Å²) in [4.78, 5) is 15.9. The van der Waals surface area contributed by atoms with Crippen molar-refractivity contribution in [1.82, 2.24) is 10.3 Å². The molecule has 0 aliphatic heterocycles. The van der Waals surface area contributed by atoms with Crippen LogP contribution in [0.4, 0.5) is 4.39 Å². The molecule has 0 radical (unpaired) electrons. The fourth-order valence-corrected chi connectivity index (χ4v) is 2.12. The van der Waals surface area contributed by atoms with E-state index in [-0.39, 0.29) is 11.7 Å². The molecule has 1 aromatic heterocycles. The fourth-order valence-electron chi connectivity index (χ4n) is 1.74. The van der Waals surface area contributed by atoms with Crippen molar-refractivity contribution < 1.29 is 9.18 Å². The number of nitrogens with one attached hydrogen (secondary N) is 1. The minimum atomic E-state index is -0.372. The zero-order chi connectivity index (χ0) is 15.2. The molecule has 0 atom stereocenters. The summed E-state index contributed by atoms with van der Waals surface area (Å²) in [5.74, 6) is -0.665. The third kappa shape index (κ3) is 4.49. The van der Waals surface area contributed by atoms with Crippen LogP contribution < -0.4 is 5.32 Å². The molecule has 21 heavy (non-hydrogen) atoms. The molecule has 1 aromatic carbocycles. The van der Waals surface area contributed by atoms with Crippen LogP contribution in [0.5, 0.6) is 0 Å². The average molecular weight is 349 g/mol. The quantitative estimate of drug-likeness (QED) is 0.857. The van der Waals surface area contributed by atoms with Gasteiger partial charge in [-0.3, -0.25) is 9.78 Å². The van der Waals surface area contributed by atoms with E-state index in [0.29, 0.717) is 12.1 Å². The van der Waals surface area contributed by atoms with Crippen molar-refractivity contribution in [2.75, 3.05) is 0 Å². The highest BCUT2D eigenvalue weighted by molar-refractivity contribution is 9.10. The summed E-state index contributed by atoms with van der Waals surface area (Å²) in [6.45, 7) is 2.28. The Bertz CT molecular complexity index is 686. The molecule has 2 rings (SSSR count). The Morgan fingerprint density at radius 3 is 3.00 bits per heavy atom. The molecule has 3 nitrogen and oxygen atoms in total. The second-order valence-corrected chi connectivity index (χ2v) is 5.40. The predicted molar refractivity (Wildman–Crippen MR) is 84.0 cm³/mol. The zero-order valence-electron chi connectivity index (χ0n) is 11.4. The van der Waals surface area contributed by atoms with Crippen LogP contribution in [0.15, 0.2) is 47.1 Å². The second-order valence-electron chi connectivity index (χ2n) is 4.48. The van der Waals surface area contributed by atoms with Crippen LogP contribution in [0.25, 0.3) is 6.08 Å². The normalized spacial score (nSPS) is 10.8. The van der Waals surface area contributed by atoms with E-state index in [4.69, 9.17) is 0 Å². The van der Waals surface area contributed by atoms with Crippen molar-refractivity contribution in [3.63, 3.8) is 0 Å². The van der Waals surface area contributed by atoms with Crippen molar-refractivity contribution in [1.29, 1.82) is 0 Å². The van der Waals surface area contributed by atoms with E-state index in [9.17, 15) is 9.18 Å². The molecule has 0 saturated heterocycles. The molecule has 108 valence electrons. The molecule has 0 unspecified atom stereocenters. The number of pyridine rings is 1. The van der Waals surface area contributed by atoms with Gasteiger partial charge in [0.05, 0.1) is 12.2 Å². The van der Waals surface area contributed by atoms with Crippen LogP contribution in [0, 0.1) is 12.7 Å². The van der Waals surface area contributed by atoms with E-state index in [0.717, 1.165) is 15.7 Å². The first-order chi connectivity index (χ1) is 10.1. The lowest BCUT2D eigenvalue weighted by atomic mass is 10.2. The molecule has 0 saturated carbocycles. The highest BCUT2D eigenvalue weighted by Gasteiger charge is 2.02. The minimum Gasteiger partial charge on any atom is -0.347 e. The van der Waals surface area contributed by atoms with Crippen molar-refractivity contribution in [3.05, 3.63) is 69.7 Å².